The van der Waals surface area contributed by atoms with Gasteiger partial charge in [0.15, 0.2) is 0 Å². The maximum Gasteiger partial charge on any atom is 0.225 e. The summed E-state index contributed by atoms with van der Waals surface area (Å²) >= 11 is 0. The van der Waals surface area contributed by atoms with Crippen LogP contribution in [0.4, 0.5) is 5.95 Å². The van der Waals surface area contributed by atoms with E-state index in [2.05, 4.69) is 48.4 Å². The SMILES string of the molecule is Cc1ccc2ncn(-c3cc(-c4ccoc4)nc(N[C@@H](C)c4ccccc4)n3)c2c1. The van der Waals surface area contributed by atoms with Gasteiger partial charge < -0.3 is 9.73 Å². The Morgan fingerprint density at radius 2 is 1.87 bits per heavy atom. The molecule has 0 saturated carbocycles. The molecule has 0 radical (unpaired) electrons. The van der Waals surface area contributed by atoms with Crippen LogP contribution in [0.3, 0.4) is 0 Å². The van der Waals surface area contributed by atoms with Crippen LogP contribution in [0.15, 0.2) is 83.9 Å². The highest BCUT2D eigenvalue weighted by molar-refractivity contribution is 5.78. The molecular weight excluding hydrogens is 374 g/mol. The number of rotatable bonds is 5. The van der Waals surface area contributed by atoms with Crippen molar-refractivity contribution in [2.75, 3.05) is 5.32 Å². The maximum atomic E-state index is 5.28. The van der Waals surface area contributed by atoms with Gasteiger partial charge in [-0.3, -0.25) is 4.57 Å². The van der Waals surface area contributed by atoms with Crippen LogP contribution in [0.1, 0.15) is 24.1 Å². The predicted molar refractivity (Wildman–Crippen MR) is 118 cm³/mol. The molecule has 148 valence electrons. The maximum absolute atomic E-state index is 5.28. The third kappa shape index (κ3) is 3.43. The highest BCUT2D eigenvalue weighted by Crippen LogP contribution is 2.26. The van der Waals surface area contributed by atoms with Gasteiger partial charge in [0, 0.05) is 11.6 Å². The number of hydrogen-bond donors (Lipinski definition) is 1. The van der Waals surface area contributed by atoms with Gasteiger partial charge in [-0.2, -0.15) is 4.98 Å². The second kappa shape index (κ2) is 7.48. The van der Waals surface area contributed by atoms with Crippen LogP contribution in [0.25, 0.3) is 28.1 Å². The molecule has 0 aliphatic carbocycles. The average Bonchev–Trinajstić information content (AvgIpc) is 3.44. The van der Waals surface area contributed by atoms with Crippen LogP contribution in [0.5, 0.6) is 0 Å². The Kier molecular flexibility index (Phi) is 4.52. The number of nitrogens with zero attached hydrogens (tertiary/aromatic N) is 4. The molecule has 3 heterocycles. The molecule has 6 nitrogen and oxygen atoms in total. The van der Waals surface area contributed by atoms with Crippen molar-refractivity contribution in [3.8, 4) is 17.1 Å². The summed E-state index contributed by atoms with van der Waals surface area (Å²) in [7, 11) is 0. The summed E-state index contributed by atoms with van der Waals surface area (Å²) in [5.41, 5.74) is 5.95. The minimum absolute atomic E-state index is 0.0559. The number of imidazole rings is 1. The summed E-state index contributed by atoms with van der Waals surface area (Å²) < 4.78 is 7.27. The van der Waals surface area contributed by atoms with Crippen molar-refractivity contribution in [1.29, 1.82) is 0 Å². The minimum atomic E-state index is 0.0559. The molecule has 30 heavy (non-hydrogen) atoms. The Morgan fingerprint density at radius 3 is 2.67 bits per heavy atom. The first kappa shape index (κ1) is 18.1. The third-order valence-corrected chi connectivity index (χ3v) is 5.12. The largest absolute Gasteiger partial charge is 0.472 e. The topological polar surface area (TPSA) is 68.8 Å². The molecule has 0 aliphatic rings. The van der Waals surface area contributed by atoms with E-state index in [1.807, 2.05) is 41.0 Å². The second-order valence-electron chi connectivity index (χ2n) is 7.33. The van der Waals surface area contributed by atoms with Crippen molar-refractivity contribution < 1.29 is 4.42 Å². The molecular formula is C24H21N5O. The summed E-state index contributed by atoms with van der Waals surface area (Å²) in [5.74, 6) is 1.30. The van der Waals surface area contributed by atoms with E-state index in [0.29, 0.717) is 5.95 Å². The van der Waals surface area contributed by atoms with Crippen LogP contribution in [0, 0.1) is 6.92 Å². The summed E-state index contributed by atoms with van der Waals surface area (Å²) in [6.45, 7) is 4.17. The van der Waals surface area contributed by atoms with Crippen LogP contribution >= 0.6 is 0 Å². The summed E-state index contributed by atoms with van der Waals surface area (Å²) in [6, 6.07) is 20.3. The molecule has 0 fully saturated rings. The van der Waals surface area contributed by atoms with E-state index in [1.54, 1.807) is 18.9 Å². The lowest BCUT2D eigenvalue weighted by molar-refractivity contribution is 0.568. The first-order valence-corrected chi connectivity index (χ1v) is 9.84. The average molecular weight is 395 g/mol. The highest BCUT2D eigenvalue weighted by Gasteiger charge is 2.14. The van der Waals surface area contributed by atoms with Gasteiger partial charge >= 0.3 is 0 Å². The molecule has 0 spiro atoms. The number of anilines is 1. The Hall–Kier alpha value is -3.93. The van der Waals surface area contributed by atoms with Gasteiger partial charge in [-0.25, -0.2) is 9.97 Å². The van der Waals surface area contributed by atoms with Crippen LogP contribution in [-0.4, -0.2) is 19.5 Å². The van der Waals surface area contributed by atoms with Gasteiger partial charge in [-0.05, 0) is 43.2 Å². The Labute approximate surface area is 174 Å². The lowest BCUT2D eigenvalue weighted by atomic mass is 10.1. The smallest absolute Gasteiger partial charge is 0.225 e. The van der Waals surface area contributed by atoms with E-state index in [4.69, 9.17) is 14.4 Å². The number of aryl methyl sites for hydroxylation is 1. The summed E-state index contributed by atoms with van der Waals surface area (Å²) in [6.07, 6.45) is 5.13. The summed E-state index contributed by atoms with van der Waals surface area (Å²) in [5, 5.41) is 3.44. The van der Waals surface area contributed by atoms with Gasteiger partial charge in [0.1, 0.15) is 12.1 Å². The minimum Gasteiger partial charge on any atom is -0.472 e. The van der Waals surface area contributed by atoms with E-state index in [9.17, 15) is 0 Å². The van der Waals surface area contributed by atoms with E-state index in [1.165, 1.54) is 11.1 Å². The number of aromatic nitrogens is 4. The van der Waals surface area contributed by atoms with E-state index >= 15 is 0 Å². The Morgan fingerprint density at radius 1 is 1.00 bits per heavy atom. The second-order valence-corrected chi connectivity index (χ2v) is 7.33. The van der Waals surface area contributed by atoms with Gasteiger partial charge in [-0.1, -0.05) is 36.4 Å². The van der Waals surface area contributed by atoms with Crippen molar-refractivity contribution in [3.05, 3.63) is 90.6 Å². The number of benzene rings is 2. The van der Waals surface area contributed by atoms with Crippen molar-refractivity contribution in [1.82, 2.24) is 19.5 Å². The molecule has 0 aliphatic heterocycles. The zero-order chi connectivity index (χ0) is 20.5. The van der Waals surface area contributed by atoms with Gasteiger partial charge in [0.25, 0.3) is 0 Å². The zero-order valence-electron chi connectivity index (χ0n) is 16.8. The molecule has 1 N–H and O–H groups in total. The molecule has 0 unspecified atom stereocenters. The van der Waals surface area contributed by atoms with E-state index < -0.39 is 0 Å². The Bertz CT molecular complexity index is 1290. The summed E-state index contributed by atoms with van der Waals surface area (Å²) in [4.78, 5) is 14.1. The molecule has 5 rings (SSSR count). The monoisotopic (exact) mass is 395 g/mol. The molecule has 6 heteroatoms. The fraction of sp³-hybridized carbons (Fsp3) is 0.125. The molecule has 5 aromatic rings. The molecule has 3 aromatic heterocycles. The molecule has 0 bridgehead atoms. The number of hydrogen-bond acceptors (Lipinski definition) is 5. The van der Waals surface area contributed by atoms with Crippen molar-refractivity contribution in [2.24, 2.45) is 0 Å². The van der Waals surface area contributed by atoms with Crippen molar-refractivity contribution in [3.63, 3.8) is 0 Å². The zero-order valence-corrected chi connectivity index (χ0v) is 16.8. The first-order chi connectivity index (χ1) is 14.7. The van der Waals surface area contributed by atoms with Gasteiger partial charge in [0.2, 0.25) is 5.95 Å². The number of nitrogens with one attached hydrogen (secondary N) is 1. The molecule has 1 atom stereocenters. The molecule has 2 aromatic carbocycles. The number of furan rings is 1. The fourth-order valence-electron chi connectivity index (χ4n) is 3.50. The van der Waals surface area contributed by atoms with E-state index in [-0.39, 0.29) is 6.04 Å². The predicted octanol–water partition coefficient (Wildman–Crippen LogP) is 5.56. The van der Waals surface area contributed by atoms with E-state index in [0.717, 1.165) is 28.1 Å². The quantitative estimate of drug-likeness (QED) is 0.422. The molecule has 0 amide bonds. The number of fused-ring (bicyclic) bond motifs is 1. The Balaban J connectivity index is 1.61. The standard InChI is InChI=1S/C24H21N5O/c1-16-8-9-20-22(12-16)29(15-25-20)23-13-21(19-10-11-30-14-19)27-24(28-23)26-17(2)18-6-4-3-5-7-18/h3-15,17H,1-2H3,(H,26,27,28)/t17-/m0/s1. The first-order valence-electron chi connectivity index (χ1n) is 9.84. The molecule has 0 saturated heterocycles. The van der Waals surface area contributed by atoms with Crippen molar-refractivity contribution >= 4 is 17.0 Å². The third-order valence-electron chi connectivity index (χ3n) is 5.12. The highest BCUT2D eigenvalue weighted by atomic mass is 16.3. The lowest BCUT2D eigenvalue weighted by Crippen LogP contribution is -2.11. The van der Waals surface area contributed by atoms with Crippen LogP contribution in [-0.2, 0) is 0 Å². The fourth-order valence-corrected chi connectivity index (χ4v) is 3.50. The van der Waals surface area contributed by atoms with Gasteiger partial charge in [0.05, 0.1) is 35.3 Å². The van der Waals surface area contributed by atoms with Crippen LogP contribution < -0.4 is 5.32 Å². The normalized spacial score (nSPS) is 12.2. The van der Waals surface area contributed by atoms with Crippen molar-refractivity contribution in [2.45, 2.75) is 19.9 Å². The van der Waals surface area contributed by atoms with Crippen LogP contribution in [0.2, 0.25) is 0 Å². The lowest BCUT2D eigenvalue weighted by Gasteiger charge is -2.16. The van der Waals surface area contributed by atoms with Gasteiger partial charge in [-0.15, -0.1) is 0 Å².